The van der Waals surface area contributed by atoms with Gasteiger partial charge in [-0.1, -0.05) is 19.1 Å². The number of nitrogens with one attached hydrogen (secondary N) is 1. The van der Waals surface area contributed by atoms with Gasteiger partial charge in [-0.3, -0.25) is 4.79 Å². The molecule has 0 aromatic heterocycles. The minimum atomic E-state index is 0.189. The molecule has 0 aliphatic carbocycles. The normalized spacial score (nSPS) is 16.0. The lowest BCUT2D eigenvalue weighted by Gasteiger charge is -2.31. The van der Waals surface area contributed by atoms with E-state index in [1.54, 1.807) is 6.92 Å². The first-order valence-electron chi connectivity index (χ1n) is 7.89. The van der Waals surface area contributed by atoms with Crippen molar-refractivity contribution in [1.82, 2.24) is 10.2 Å². The van der Waals surface area contributed by atoms with Gasteiger partial charge < -0.3 is 15.0 Å². The quantitative estimate of drug-likeness (QED) is 0.875. The van der Waals surface area contributed by atoms with Crippen LogP contribution in [0, 0.1) is 0 Å². The van der Waals surface area contributed by atoms with Gasteiger partial charge in [-0.05, 0) is 37.0 Å². The number of benzene rings is 1. The molecule has 0 unspecified atom stereocenters. The Kier molecular flexibility index (Phi) is 6.05. The maximum atomic E-state index is 11.3. The number of carbonyl (C=O) groups excluding carboxylic acids is 1. The van der Waals surface area contributed by atoms with Gasteiger partial charge in [-0.25, -0.2) is 0 Å². The molecule has 1 heterocycles. The summed E-state index contributed by atoms with van der Waals surface area (Å²) in [5, 5.41) is 3.59. The van der Waals surface area contributed by atoms with E-state index in [1.165, 1.54) is 5.56 Å². The Morgan fingerprint density at radius 2 is 2.14 bits per heavy atom. The third kappa shape index (κ3) is 5.05. The zero-order valence-corrected chi connectivity index (χ0v) is 13.1. The average Bonchev–Trinajstić information content (AvgIpc) is 2.52. The van der Waals surface area contributed by atoms with E-state index in [2.05, 4.69) is 24.4 Å². The van der Waals surface area contributed by atoms with Gasteiger partial charge in [0, 0.05) is 32.6 Å². The molecule has 116 valence electrons. The van der Waals surface area contributed by atoms with Crippen LogP contribution in [0.25, 0.3) is 0 Å². The van der Waals surface area contributed by atoms with Crippen molar-refractivity contribution >= 4 is 5.91 Å². The van der Waals surface area contributed by atoms with Crippen LogP contribution in [0.1, 0.15) is 38.7 Å². The fourth-order valence-electron chi connectivity index (χ4n) is 2.63. The Balaban J connectivity index is 1.77. The van der Waals surface area contributed by atoms with E-state index in [-0.39, 0.29) is 5.91 Å². The molecule has 1 N–H and O–H groups in total. The fourth-order valence-corrected chi connectivity index (χ4v) is 2.63. The largest absolute Gasteiger partial charge is 0.494 e. The van der Waals surface area contributed by atoms with Crippen molar-refractivity contribution in [3.8, 4) is 5.75 Å². The second kappa shape index (κ2) is 8.03. The van der Waals surface area contributed by atoms with Crippen molar-refractivity contribution in [3.63, 3.8) is 0 Å². The van der Waals surface area contributed by atoms with E-state index < -0.39 is 0 Å². The van der Waals surface area contributed by atoms with E-state index >= 15 is 0 Å². The number of amides is 1. The van der Waals surface area contributed by atoms with Crippen LogP contribution >= 0.6 is 0 Å². The lowest BCUT2D eigenvalue weighted by Crippen LogP contribution is -2.43. The van der Waals surface area contributed by atoms with Gasteiger partial charge >= 0.3 is 0 Å². The Morgan fingerprint density at radius 3 is 2.81 bits per heavy atom. The molecular formula is C17H26N2O2. The molecule has 1 aromatic carbocycles. The molecule has 4 nitrogen and oxygen atoms in total. The maximum Gasteiger partial charge on any atom is 0.219 e. The van der Waals surface area contributed by atoms with E-state index in [4.69, 9.17) is 4.74 Å². The van der Waals surface area contributed by atoms with Gasteiger partial charge in [0.1, 0.15) is 5.75 Å². The second-order valence-corrected chi connectivity index (χ2v) is 5.66. The summed E-state index contributed by atoms with van der Waals surface area (Å²) in [6.07, 6.45) is 3.09. The predicted octanol–water partition coefficient (Wildman–Crippen LogP) is 2.58. The number of rotatable bonds is 6. The standard InChI is InChI=1S/C17H26N2O2/c1-3-11-21-17-6-4-5-15(12-17)13-18-16-7-9-19(10-8-16)14(2)20/h4-6,12,16,18H,3,7-11,13H2,1-2H3. The smallest absolute Gasteiger partial charge is 0.219 e. The van der Waals surface area contributed by atoms with Gasteiger partial charge in [-0.2, -0.15) is 0 Å². The van der Waals surface area contributed by atoms with E-state index in [0.717, 1.165) is 51.3 Å². The van der Waals surface area contributed by atoms with Crippen molar-refractivity contribution in [2.45, 2.75) is 45.7 Å². The summed E-state index contributed by atoms with van der Waals surface area (Å²) >= 11 is 0. The summed E-state index contributed by atoms with van der Waals surface area (Å²) in [6, 6.07) is 8.77. The van der Waals surface area contributed by atoms with Crippen LogP contribution in [0.2, 0.25) is 0 Å². The zero-order chi connectivity index (χ0) is 15.1. The lowest BCUT2D eigenvalue weighted by atomic mass is 10.0. The molecule has 4 heteroatoms. The Bertz CT molecular complexity index is 454. The van der Waals surface area contributed by atoms with Crippen LogP contribution in [0.5, 0.6) is 5.75 Å². The van der Waals surface area contributed by atoms with Crippen LogP contribution in [0.15, 0.2) is 24.3 Å². The maximum absolute atomic E-state index is 11.3. The number of carbonyl (C=O) groups is 1. The molecule has 0 bridgehead atoms. The highest BCUT2D eigenvalue weighted by Gasteiger charge is 2.19. The summed E-state index contributed by atoms with van der Waals surface area (Å²) in [6.45, 7) is 7.11. The molecule has 1 aliphatic heterocycles. The third-order valence-electron chi connectivity index (χ3n) is 3.91. The number of hydrogen-bond donors (Lipinski definition) is 1. The van der Waals surface area contributed by atoms with Gasteiger partial charge in [-0.15, -0.1) is 0 Å². The minimum absolute atomic E-state index is 0.189. The molecule has 21 heavy (non-hydrogen) atoms. The van der Waals surface area contributed by atoms with Crippen molar-refractivity contribution in [2.75, 3.05) is 19.7 Å². The SMILES string of the molecule is CCCOc1cccc(CNC2CCN(C(C)=O)CC2)c1. The topological polar surface area (TPSA) is 41.6 Å². The monoisotopic (exact) mass is 290 g/mol. The molecule has 1 amide bonds. The molecule has 0 saturated carbocycles. The molecule has 1 fully saturated rings. The van der Waals surface area contributed by atoms with Gasteiger partial charge in [0.05, 0.1) is 6.61 Å². The van der Waals surface area contributed by atoms with Gasteiger partial charge in [0.2, 0.25) is 5.91 Å². The van der Waals surface area contributed by atoms with E-state index in [0.29, 0.717) is 6.04 Å². The van der Waals surface area contributed by atoms with Crippen molar-refractivity contribution in [1.29, 1.82) is 0 Å². The average molecular weight is 290 g/mol. The Labute approximate surface area is 127 Å². The summed E-state index contributed by atoms with van der Waals surface area (Å²) in [5.41, 5.74) is 1.25. The number of nitrogens with zero attached hydrogens (tertiary/aromatic N) is 1. The van der Waals surface area contributed by atoms with Crippen LogP contribution < -0.4 is 10.1 Å². The highest BCUT2D eigenvalue weighted by Crippen LogP contribution is 2.15. The highest BCUT2D eigenvalue weighted by molar-refractivity contribution is 5.73. The molecule has 0 spiro atoms. The van der Waals surface area contributed by atoms with Crippen LogP contribution in [0.3, 0.4) is 0 Å². The van der Waals surface area contributed by atoms with Gasteiger partial charge in [0.15, 0.2) is 0 Å². The molecule has 1 saturated heterocycles. The molecule has 1 aromatic rings. The predicted molar refractivity (Wildman–Crippen MR) is 84.3 cm³/mol. The third-order valence-corrected chi connectivity index (χ3v) is 3.91. The summed E-state index contributed by atoms with van der Waals surface area (Å²) in [7, 11) is 0. The lowest BCUT2D eigenvalue weighted by molar-refractivity contribution is -0.129. The minimum Gasteiger partial charge on any atom is -0.494 e. The van der Waals surface area contributed by atoms with E-state index in [9.17, 15) is 4.79 Å². The zero-order valence-electron chi connectivity index (χ0n) is 13.1. The summed E-state index contributed by atoms with van der Waals surface area (Å²) in [4.78, 5) is 13.2. The van der Waals surface area contributed by atoms with Crippen LogP contribution in [-0.4, -0.2) is 36.5 Å². The first-order chi connectivity index (χ1) is 10.2. The van der Waals surface area contributed by atoms with E-state index in [1.807, 2.05) is 17.0 Å². The summed E-state index contributed by atoms with van der Waals surface area (Å²) in [5.74, 6) is 1.14. The van der Waals surface area contributed by atoms with Gasteiger partial charge in [0.25, 0.3) is 0 Å². The first-order valence-corrected chi connectivity index (χ1v) is 7.89. The number of ether oxygens (including phenoxy) is 1. The number of hydrogen-bond acceptors (Lipinski definition) is 3. The second-order valence-electron chi connectivity index (χ2n) is 5.66. The highest BCUT2D eigenvalue weighted by atomic mass is 16.5. The number of piperidine rings is 1. The fraction of sp³-hybridized carbons (Fsp3) is 0.588. The first kappa shape index (κ1) is 15.8. The summed E-state index contributed by atoms with van der Waals surface area (Å²) < 4.78 is 5.66. The molecule has 0 atom stereocenters. The number of likely N-dealkylation sites (tertiary alicyclic amines) is 1. The van der Waals surface area contributed by atoms with Crippen molar-refractivity contribution in [2.24, 2.45) is 0 Å². The van der Waals surface area contributed by atoms with Crippen molar-refractivity contribution < 1.29 is 9.53 Å². The molecule has 1 aliphatic rings. The Hall–Kier alpha value is -1.55. The molecule has 0 radical (unpaired) electrons. The van der Waals surface area contributed by atoms with Crippen molar-refractivity contribution in [3.05, 3.63) is 29.8 Å². The van der Waals surface area contributed by atoms with Crippen LogP contribution in [0.4, 0.5) is 0 Å². The molecule has 2 rings (SSSR count). The molecular weight excluding hydrogens is 264 g/mol. The Morgan fingerprint density at radius 1 is 1.38 bits per heavy atom. The van der Waals surface area contributed by atoms with Crippen LogP contribution in [-0.2, 0) is 11.3 Å².